The predicted octanol–water partition coefficient (Wildman–Crippen LogP) is 6.93. The Morgan fingerprint density at radius 3 is 1.89 bits per heavy atom. The summed E-state index contributed by atoms with van der Waals surface area (Å²) in [4.78, 5) is 28.0. The van der Waals surface area contributed by atoms with Crippen LogP contribution in [-0.2, 0) is 22.4 Å². The van der Waals surface area contributed by atoms with E-state index >= 15 is 0 Å². The Bertz CT molecular complexity index is 1510. The average Bonchev–Trinajstić information content (AvgIpc) is 3.33. The molecule has 44 heavy (non-hydrogen) atoms. The van der Waals surface area contributed by atoms with Crippen LogP contribution in [0.4, 0.5) is 9.59 Å². The number of amides is 2. The molecule has 0 aromatic heterocycles. The maximum absolute atomic E-state index is 13.7. The van der Waals surface area contributed by atoms with Crippen molar-refractivity contribution in [2.75, 3.05) is 13.2 Å². The van der Waals surface area contributed by atoms with Crippen molar-refractivity contribution >= 4 is 12.2 Å². The first-order valence-electron chi connectivity index (χ1n) is 15.0. The monoisotopic (exact) mass is 592 g/mol. The fourth-order valence-electron chi connectivity index (χ4n) is 5.66. The van der Waals surface area contributed by atoms with E-state index in [4.69, 9.17) is 9.47 Å². The molecule has 0 saturated carbocycles. The molecule has 0 spiro atoms. The highest BCUT2D eigenvalue weighted by molar-refractivity contribution is 5.79. The topological polar surface area (TPSA) is 88.1 Å². The summed E-state index contributed by atoms with van der Waals surface area (Å²) in [6.07, 6.45) is -1.92. The number of fused-ring (bicyclic) bond motifs is 3. The highest BCUT2D eigenvalue weighted by Gasteiger charge is 2.32. The summed E-state index contributed by atoms with van der Waals surface area (Å²) >= 11 is 0. The van der Waals surface area contributed by atoms with Gasteiger partial charge in [-0.15, -0.1) is 0 Å². The molecule has 0 bridgehead atoms. The predicted molar refractivity (Wildman–Crippen MR) is 171 cm³/mol. The Morgan fingerprint density at radius 1 is 0.795 bits per heavy atom. The Kier molecular flexibility index (Phi) is 9.65. The van der Waals surface area contributed by atoms with Crippen LogP contribution >= 0.6 is 0 Å². The van der Waals surface area contributed by atoms with Crippen molar-refractivity contribution in [1.29, 1.82) is 0 Å². The van der Waals surface area contributed by atoms with Crippen molar-refractivity contribution in [3.63, 3.8) is 0 Å². The van der Waals surface area contributed by atoms with Crippen LogP contribution in [0.2, 0.25) is 0 Å². The summed E-state index contributed by atoms with van der Waals surface area (Å²) in [6.45, 7) is 5.70. The lowest BCUT2D eigenvalue weighted by Crippen LogP contribution is -2.51. The number of hydrogen-bond acceptors (Lipinski definition) is 5. The molecule has 2 amide bonds. The highest BCUT2D eigenvalue weighted by atomic mass is 16.6. The lowest BCUT2D eigenvalue weighted by Gasteiger charge is -2.31. The molecular formula is C37H40N2O5. The molecule has 5 rings (SSSR count). The summed E-state index contributed by atoms with van der Waals surface area (Å²) < 4.78 is 11.5. The normalized spacial score (nSPS) is 13.7. The molecule has 2 N–H and O–H groups in total. The van der Waals surface area contributed by atoms with E-state index < -0.39 is 29.9 Å². The molecule has 4 aromatic carbocycles. The summed E-state index contributed by atoms with van der Waals surface area (Å²) in [5.41, 5.74) is 5.68. The lowest BCUT2D eigenvalue weighted by molar-refractivity contribution is 0.0333. The number of carbonyl (C=O) groups excluding carboxylic acids is 2. The standard InChI is InChI=1S/C37H40N2O5/c1-37(2,3)44-35(41)38-33(22-26-14-6-4-7-15-26)34(40)24-39(23-27-16-8-5-9-17-27)36(42)43-25-32-30-20-12-10-18-28(30)29-19-11-13-21-31(29)32/h4-21,32-34,40H,22-25H2,1-3H3,(H,38,41)/t33-,34+/m0/s1. The fraction of sp³-hybridized carbons (Fsp3) is 0.297. The summed E-state index contributed by atoms with van der Waals surface area (Å²) in [6, 6.07) is 34.9. The average molecular weight is 593 g/mol. The van der Waals surface area contributed by atoms with Crippen LogP contribution in [0.25, 0.3) is 11.1 Å². The number of benzene rings is 4. The zero-order valence-corrected chi connectivity index (χ0v) is 25.5. The van der Waals surface area contributed by atoms with E-state index in [0.29, 0.717) is 6.42 Å². The molecule has 7 nitrogen and oxygen atoms in total. The zero-order valence-electron chi connectivity index (χ0n) is 25.5. The number of carbonyl (C=O) groups is 2. The van der Waals surface area contributed by atoms with Crippen LogP contribution in [0, 0.1) is 0 Å². The smallest absolute Gasteiger partial charge is 0.410 e. The van der Waals surface area contributed by atoms with Crippen LogP contribution < -0.4 is 5.32 Å². The number of aliphatic hydroxyl groups excluding tert-OH is 1. The van der Waals surface area contributed by atoms with Gasteiger partial charge >= 0.3 is 12.2 Å². The third-order valence-corrected chi connectivity index (χ3v) is 7.68. The largest absolute Gasteiger partial charge is 0.448 e. The number of nitrogens with one attached hydrogen (secondary N) is 1. The molecule has 0 heterocycles. The minimum atomic E-state index is -1.10. The molecule has 0 radical (unpaired) electrons. The zero-order chi connectivity index (χ0) is 31.1. The van der Waals surface area contributed by atoms with E-state index in [1.54, 1.807) is 20.8 Å². The second kappa shape index (κ2) is 13.8. The second-order valence-corrected chi connectivity index (χ2v) is 12.2. The van der Waals surface area contributed by atoms with E-state index in [9.17, 15) is 14.7 Å². The molecule has 7 heteroatoms. The van der Waals surface area contributed by atoms with Gasteiger partial charge in [0.25, 0.3) is 0 Å². The van der Waals surface area contributed by atoms with Crippen molar-refractivity contribution < 1.29 is 24.2 Å². The molecule has 2 atom stereocenters. The van der Waals surface area contributed by atoms with Crippen molar-refractivity contribution in [3.8, 4) is 11.1 Å². The molecule has 4 aromatic rings. The van der Waals surface area contributed by atoms with Crippen molar-refractivity contribution in [2.45, 2.75) is 57.4 Å². The van der Waals surface area contributed by atoms with Crippen LogP contribution in [-0.4, -0.2) is 53.1 Å². The Balaban J connectivity index is 1.34. The SMILES string of the molecule is CC(C)(C)OC(=O)N[C@@H](Cc1ccccc1)[C@H](O)CN(Cc1ccccc1)C(=O)OCC1c2ccccc2-c2ccccc21. The maximum atomic E-state index is 13.7. The van der Waals surface area contributed by atoms with Gasteiger partial charge in [-0.2, -0.15) is 0 Å². The van der Waals surface area contributed by atoms with Crippen molar-refractivity contribution in [3.05, 3.63) is 131 Å². The van der Waals surface area contributed by atoms with Gasteiger partial charge < -0.3 is 24.8 Å². The van der Waals surface area contributed by atoms with Gasteiger partial charge in [0.1, 0.15) is 12.2 Å². The minimum Gasteiger partial charge on any atom is -0.448 e. The third-order valence-electron chi connectivity index (χ3n) is 7.68. The molecule has 0 saturated heterocycles. The lowest BCUT2D eigenvalue weighted by atomic mass is 9.98. The van der Waals surface area contributed by atoms with E-state index in [1.165, 1.54) is 4.90 Å². The van der Waals surface area contributed by atoms with Gasteiger partial charge in [0, 0.05) is 12.5 Å². The van der Waals surface area contributed by atoms with Crippen LogP contribution in [0.15, 0.2) is 109 Å². The van der Waals surface area contributed by atoms with Gasteiger partial charge in [-0.1, -0.05) is 109 Å². The number of aliphatic hydroxyl groups is 1. The first-order valence-corrected chi connectivity index (χ1v) is 15.0. The van der Waals surface area contributed by atoms with Crippen molar-refractivity contribution in [2.24, 2.45) is 0 Å². The molecule has 0 unspecified atom stereocenters. The fourth-order valence-corrected chi connectivity index (χ4v) is 5.66. The minimum absolute atomic E-state index is 0.0567. The van der Waals surface area contributed by atoms with Gasteiger partial charge in [0.05, 0.1) is 18.7 Å². The van der Waals surface area contributed by atoms with E-state index in [-0.39, 0.29) is 25.6 Å². The molecule has 0 aliphatic heterocycles. The summed E-state index contributed by atoms with van der Waals surface area (Å²) in [7, 11) is 0. The van der Waals surface area contributed by atoms with Crippen LogP contribution in [0.3, 0.4) is 0 Å². The number of nitrogens with zero attached hydrogens (tertiary/aromatic N) is 1. The molecule has 228 valence electrons. The summed E-state index contributed by atoms with van der Waals surface area (Å²) in [5.74, 6) is -0.0884. The first kappa shape index (κ1) is 30.8. The second-order valence-electron chi connectivity index (χ2n) is 12.2. The van der Waals surface area contributed by atoms with E-state index in [0.717, 1.165) is 33.4 Å². The van der Waals surface area contributed by atoms with Gasteiger partial charge in [0.15, 0.2) is 0 Å². The van der Waals surface area contributed by atoms with Crippen LogP contribution in [0.5, 0.6) is 0 Å². The molecule has 1 aliphatic carbocycles. The quantitative estimate of drug-likeness (QED) is 0.208. The molecule has 1 aliphatic rings. The Hall–Kier alpha value is -4.62. The van der Waals surface area contributed by atoms with Gasteiger partial charge in [-0.25, -0.2) is 9.59 Å². The number of rotatable bonds is 10. The van der Waals surface area contributed by atoms with Gasteiger partial charge in [0.2, 0.25) is 0 Å². The number of hydrogen-bond donors (Lipinski definition) is 2. The van der Waals surface area contributed by atoms with E-state index in [1.807, 2.05) is 84.9 Å². The Labute approximate surface area is 259 Å². The number of alkyl carbamates (subject to hydrolysis) is 1. The van der Waals surface area contributed by atoms with Crippen molar-refractivity contribution in [1.82, 2.24) is 10.2 Å². The first-order chi connectivity index (χ1) is 21.2. The maximum Gasteiger partial charge on any atom is 0.410 e. The third kappa shape index (κ3) is 7.85. The van der Waals surface area contributed by atoms with Gasteiger partial charge in [-0.3, -0.25) is 0 Å². The molecular weight excluding hydrogens is 552 g/mol. The Morgan fingerprint density at radius 2 is 1.32 bits per heavy atom. The van der Waals surface area contributed by atoms with Crippen LogP contribution in [0.1, 0.15) is 48.9 Å². The number of ether oxygens (including phenoxy) is 2. The molecule has 0 fully saturated rings. The van der Waals surface area contributed by atoms with Gasteiger partial charge in [-0.05, 0) is 60.6 Å². The highest BCUT2D eigenvalue weighted by Crippen LogP contribution is 2.44. The van der Waals surface area contributed by atoms with E-state index in [2.05, 4.69) is 29.6 Å². The summed E-state index contributed by atoms with van der Waals surface area (Å²) in [5, 5.41) is 14.4.